The molecule has 0 saturated heterocycles. The molecule has 2 heteroatoms. The van der Waals surface area contributed by atoms with Crippen LogP contribution < -0.4 is 5.73 Å². The highest BCUT2D eigenvalue weighted by Gasteiger charge is 1.98. The molecular formula is C10H19NO. The second kappa shape index (κ2) is 8.08. The Kier molecular flexibility index (Phi) is 9.13. The average molecular weight is 169 g/mol. The maximum atomic E-state index is 9.22. The van der Waals surface area contributed by atoms with Gasteiger partial charge in [0.2, 0.25) is 0 Å². The van der Waals surface area contributed by atoms with E-state index in [-0.39, 0.29) is 5.76 Å². The molecule has 0 aliphatic carbocycles. The van der Waals surface area contributed by atoms with Crippen LogP contribution in [-0.2, 0) is 0 Å². The zero-order chi connectivity index (χ0) is 10.1. The Morgan fingerprint density at radius 1 is 1.50 bits per heavy atom. The maximum absolute atomic E-state index is 9.22. The van der Waals surface area contributed by atoms with E-state index in [9.17, 15) is 5.11 Å². The van der Waals surface area contributed by atoms with E-state index in [0.29, 0.717) is 17.7 Å². The van der Waals surface area contributed by atoms with Crippen molar-refractivity contribution in [2.75, 3.05) is 6.54 Å². The molecule has 0 aromatic carbocycles. The zero-order valence-electron chi connectivity index (χ0n) is 8.22. The summed E-state index contributed by atoms with van der Waals surface area (Å²) < 4.78 is 0. The first-order valence-electron chi connectivity index (χ1n) is 4.04. The largest absolute Gasteiger partial charge is 0.507 e. The third-order valence-electron chi connectivity index (χ3n) is 1.17. The number of hydrogen-bond acceptors (Lipinski definition) is 2. The van der Waals surface area contributed by atoms with Gasteiger partial charge in [-0.1, -0.05) is 33.1 Å². The lowest BCUT2D eigenvalue weighted by molar-refractivity contribution is 0.418. The highest BCUT2D eigenvalue weighted by molar-refractivity contribution is 5.32. The van der Waals surface area contributed by atoms with Gasteiger partial charge in [0.25, 0.3) is 0 Å². The third kappa shape index (κ3) is 4.74. The van der Waals surface area contributed by atoms with Crippen molar-refractivity contribution in [2.24, 2.45) is 5.73 Å². The summed E-state index contributed by atoms with van der Waals surface area (Å²) in [4.78, 5) is 0. The second-order valence-corrected chi connectivity index (χ2v) is 2.06. The van der Waals surface area contributed by atoms with E-state index in [0.717, 1.165) is 0 Å². The van der Waals surface area contributed by atoms with E-state index in [1.165, 1.54) is 6.08 Å². The van der Waals surface area contributed by atoms with Crippen LogP contribution in [0.1, 0.15) is 20.8 Å². The van der Waals surface area contributed by atoms with Gasteiger partial charge in [0.1, 0.15) is 5.76 Å². The lowest BCUT2D eigenvalue weighted by atomic mass is 10.1. The molecular weight excluding hydrogens is 150 g/mol. The molecule has 0 amide bonds. The van der Waals surface area contributed by atoms with Gasteiger partial charge in [-0.25, -0.2) is 0 Å². The SMILES string of the molecule is C=C/C(CN)=C(/O)C(=C)C.CC. The first kappa shape index (κ1) is 13.6. The summed E-state index contributed by atoms with van der Waals surface area (Å²) in [6.07, 6.45) is 1.53. The van der Waals surface area contributed by atoms with E-state index in [1.807, 2.05) is 13.8 Å². The first-order chi connectivity index (χ1) is 5.63. The minimum absolute atomic E-state index is 0.150. The number of aliphatic hydroxyl groups excluding tert-OH is 1. The highest BCUT2D eigenvalue weighted by atomic mass is 16.3. The Balaban J connectivity index is 0. The lowest BCUT2D eigenvalue weighted by Crippen LogP contribution is -2.04. The summed E-state index contributed by atoms with van der Waals surface area (Å²) in [5.74, 6) is 0.150. The predicted octanol–water partition coefficient (Wildman–Crippen LogP) is 2.55. The van der Waals surface area contributed by atoms with E-state index >= 15 is 0 Å². The van der Waals surface area contributed by atoms with Gasteiger partial charge in [0, 0.05) is 12.1 Å². The molecule has 0 bridgehead atoms. The molecule has 0 aromatic heterocycles. The number of rotatable bonds is 3. The zero-order valence-corrected chi connectivity index (χ0v) is 8.22. The summed E-state index contributed by atoms with van der Waals surface area (Å²) in [6.45, 7) is 13.1. The first-order valence-corrected chi connectivity index (χ1v) is 4.04. The van der Waals surface area contributed by atoms with Gasteiger partial charge in [0.05, 0.1) is 0 Å². The van der Waals surface area contributed by atoms with Crippen molar-refractivity contribution in [1.82, 2.24) is 0 Å². The van der Waals surface area contributed by atoms with Crippen molar-refractivity contribution in [3.8, 4) is 0 Å². The van der Waals surface area contributed by atoms with Crippen LogP contribution >= 0.6 is 0 Å². The Morgan fingerprint density at radius 3 is 2.00 bits per heavy atom. The van der Waals surface area contributed by atoms with Crippen LogP contribution in [0.15, 0.2) is 36.1 Å². The molecule has 0 spiro atoms. The molecule has 12 heavy (non-hydrogen) atoms. The molecule has 0 atom stereocenters. The van der Waals surface area contributed by atoms with E-state index in [2.05, 4.69) is 13.2 Å². The van der Waals surface area contributed by atoms with E-state index < -0.39 is 0 Å². The van der Waals surface area contributed by atoms with Crippen molar-refractivity contribution >= 4 is 0 Å². The summed E-state index contributed by atoms with van der Waals surface area (Å²) >= 11 is 0. The maximum Gasteiger partial charge on any atom is 0.122 e. The summed E-state index contributed by atoms with van der Waals surface area (Å²) in [5.41, 5.74) is 6.54. The van der Waals surface area contributed by atoms with Crippen LogP contribution in [-0.4, -0.2) is 11.7 Å². The van der Waals surface area contributed by atoms with Crippen LogP contribution in [0.5, 0.6) is 0 Å². The average Bonchev–Trinajstić information content (AvgIpc) is 2.10. The summed E-state index contributed by atoms with van der Waals surface area (Å²) in [7, 11) is 0. The minimum Gasteiger partial charge on any atom is -0.507 e. The lowest BCUT2D eigenvalue weighted by Gasteiger charge is -2.02. The summed E-state index contributed by atoms with van der Waals surface area (Å²) in [5, 5.41) is 9.22. The predicted molar refractivity (Wildman–Crippen MR) is 55.1 cm³/mol. The molecule has 70 valence electrons. The van der Waals surface area contributed by atoms with Crippen LogP contribution in [0.4, 0.5) is 0 Å². The van der Waals surface area contributed by atoms with E-state index in [4.69, 9.17) is 5.73 Å². The van der Waals surface area contributed by atoms with Gasteiger partial charge in [-0.05, 0) is 12.5 Å². The second-order valence-electron chi connectivity index (χ2n) is 2.06. The van der Waals surface area contributed by atoms with Gasteiger partial charge in [-0.2, -0.15) is 0 Å². The molecule has 3 N–H and O–H groups in total. The topological polar surface area (TPSA) is 46.2 Å². The van der Waals surface area contributed by atoms with Crippen molar-refractivity contribution in [3.05, 3.63) is 36.1 Å². The van der Waals surface area contributed by atoms with Crippen LogP contribution in [0.25, 0.3) is 0 Å². The number of nitrogens with two attached hydrogens (primary N) is 1. The third-order valence-corrected chi connectivity index (χ3v) is 1.17. The molecule has 0 heterocycles. The monoisotopic (exact) mass is 169 g/mol. The van der Waals surface area contributed by atoms with Crippen molar-refractivity contribution < 1.29 is 5.11 Å². The molecule has 0 fully saturated rings. The van der Waals surface area contributed by atoms with Gasteiger partial charge in [0.15, 0.2) is 0 Å². The van der Waals surface area contributed by atoms with Crippen molar-refractivity contribution in [2.45, 2.75) is 20.8 Å². The Hall–Kier alpha value is -1.02. The molecule has 0 unspecified atom stereocenters. The standard InChI is InChI=1S/C8H13NO.C2H6/c1-4-7(5-9)8(10)6(2)3;1-2/h4,10H,1-2,5,9H2,3H3;1-2H3/b8-7-;. The molecule has 0 saturated carbocycles. The van der Waals surface area contributed by atoms with Crippen LogP contribution in [0.2, 0.25) is 0 Å². The van der Waals surface area contributed by atoms with E-state index in [1.54, 1.807) is 6.92 Å². The molecule has 0 radical (unpaired) electrons. The molecule has 0 aliphatic rings. The van der Waals surface area contributed by atoms with Gasteiger partial charge in [-0.3, -0.25) is 0 Å². The quantitative estimate of drug-likeness (QED) is 0.504. The van der Waals surface area contributed by atoms with Gasteiger partial charge < -0.3 is 10.8 Å². The van der Waals surface area contributed by atoms with Crippen molar-refractivity contribution in [1.29, 1.82) is 0 Å². The molecule has 0 rings (SSSR count). The van der Waals surface area contributed by atoms with Gasteiger partial charge in [-0.15, -0.1) is 0 Å². The fourth-order valence-electron chi connectivity index (χ4n) is 0.551. The van der Waals surface area contributed by atoms with Gasteiger partial charge >= 0.3 is 0 Å². The molecule has 2 nitrogen and oxygen atoms in total. The molecule has 0 aromatic rings. The highest BCUT2D eigenvalue weighted by Crippen LogP contribution is 2.08. The number of allylic oxidation sites excluding steroid dienone is 1. The Morgan fingerprint density at radius 2 is 1.92 bits per heavy atom. The normalized spacial score (nSPS) is 10.7. The fraction of sp³-hybridized carbons (Fsp3) is 0.400. The van der Waals surface area contributed by atoms with Crippen LogP contribution in [0.3, 0.4) is 0 Å². The number of aliphatic hydroxyl groups is 1. The Labute approximate surface area is 75.1 Å². The minimum atomic E-state index is 0.150. The smallest absolute Gasteiger partial charge is 0.122 e. The fourth-order valence-corrected chi connectivity index (χ4v) is 0.551. The van der Waals surface area contributed by atoms with Crippen molar-refractivity contribution in [3.63, 3.8) is 0 Å². The summed E-state index contributed by atoms with van der Waals surface area (Å²) in [6, 6.07) is 0. The van der Waals surface area contributed by atoms with Crippen LogP contribution in [0, 0.1) is 0 Å². The molecule has 0 aliphatic heterocycles. The Bertz CT molecular complexity index is 180. The number of hydrogen-bond donors (Lipinski definition) is 2.